The van der Waals surface area contributed by atoms with Crippen LogP contribution in [-0.4, -0.2) is 20.4 Å². The maximum Gasteiger partial charge on any atom is 0.131 e. The molecule has 0 aromatic carbocycles. The molecular weight excluding hydrogens is 164 g/mol. The van der Waals surface area contributed by atoms with Crippen molar-refractivity contribution in [1.29, 1.82) is 0 Å². The van der Waals surface area contributed by atoms with E-state index in [-0.39, 0.29) is 0 Å². The molecule has 0 aliphatic carbocycles. The van der Waals surface area contributed by atoms with E-state index in [1.807, 2.05) is 19.9 Å². The van der Waals surface area contributed by atoms with Gasteiger partial charge in [0.25, 0.3) is 0 Å². The summed E-state index contributed by atoms with van der Waals surface area (Å²) in [6.07, 6.45) is 2.67. The topological polar surface area (TPSA) is 54.5 Å². The molecule has 70 valence electrons. The zero-order chi connectivity index (χ0) is 9.68. The number of rotatable bonds is 1. The molecule has 4 heteroatoms. The fourth-order valence-electron chi connectivity index (χ4n) is 0.981. The summed E-state index contributed by atoms with van der Waals surface area (Å²) >= 11 is 0. The molecule has 0 aliphatic rings. The van der Waals surface area contributed by atoms with Crippen LogP contribution in [0.4, 0.5) is 0 Å². The molecule has 0 unspecified atom stereocenters. The number of nitrogens with zero attached hydrogens (tertiary/aromatic N) is 3. The van der Waals surface area contributed by atoms with E-state index in [0.29, 0.717) is 0 Å². The lowest BCUT2D eigenvalue weighted by atomic mass is 10.3. The van der Waals surface area contributed by atoms with Crippen molar-refractivity contribution in [3.05, 3.63) is 18.0 Å². The van der Waals surface area contributed by atoms with Crippen LogP contribution in [0.15, 0.2) is 12.3 Å². The van der Waals surface area contributed by atoms with Gasteiger partial charge in [0.05, 0.1) is 6.20 Å². The minimum atomic E-state index is 0.821. The van der Waals surface area contributed by atoms with Gasteiger partial charge in [-0.05, 0) is 12.5 Å². The molecule has 0 aliphatic heterocycles. The Morgan fingerprint density at radius 2 is 1.92 bits per heavy atom. The quantitative estimate of drug-likeness (QED) is 0.726. The Bertz CT molecular complexity index is 366. The first kappa shape index (κ1) is 9.64. The van der Waals surface area contributed by atoms with Crippen molar-refractivity contribution in [2.24, 2.45) is 0 Å². The van der Waals surface area contributed by atoms with Gasteiger partial charge in [-0.2, -0.15) is 15.4 Å². The molecule has 4 nitrogen and oxygen atoms in total. The lowest BCUT2D eigenvalue weighted by Crippen LogP contribution is -1.84. The Morgan fingerprint density at radius 3 is 2.62 bits per heavy atom. The normalized spacial score (nSPS) is 9.46. The van der Waals surface area contributed by atoms with Crippen molar-refractivity contribution in [3.8, 4) is 0 Å². The molecule has 2 rings (SSSR count). The first-order valence-electron chi connectivity index (χ1n) is 4.55. The molecule has 0 saturated carbocycles. The number of hydrogen-bond acceptors (Lipinski definition) is 3. The van der Waals surface area contributed by atoms with E-state index in [4.69, 9.17) is 0 Å². The Kier molecular flexibility index (Phi) is 3.37. The lowest BCUT2D eigenvalue weighted by molar-refractivity contribution is 0.959. The first-order chi connectivity index (χ1) is 6.40. The molecular formula is C9H14N4. The third-order valence-electron chi connectivity index (χ3n) is 1.62. The number of aromatic nitrogens is 4. The van der Waals surface area contributed by atoms with Crippen LogP contribution >= 0.6 is 0 Å². The summed E-state index contributed by atoms with van der Waals surface area (Å²) < 4.78 is 0. The lowest BCUT2D eigenvalue weighted by Gasteiger charge is -1.91. The summed E-state index contributed by atoms with van der Waals surface area (Å²) in [4.78, 5) is 4.18. The second-order valence-corrected chi connectivity index (χ2v) is 2.34. The average Bonchev–Trinajstić information content (AvgIpc) is 2.67. The minimum Gasteiger partial charge on any atom is -0.259 e. The third kappa shape index (κ3) is 2.02. The smallest absolute Gasteiger partial charge is 0.131 e. The van der Waals surface area contributed by atoms with Crippen LogP contribution in [0.2, 0.25) is 0 Å². The largest absolute Gasteiger partial charge is 0.259 e. The highest BCUT2D eigenvalue weighted by Gasteiger charge is 1.98. The standard InChI is InChI=1S/C7H8N4.C2H6/c1-2-5-3-6-7(4-8-5)10-11-9-6;1-2/h3-4H,2H2,1H3,(H,9,10,11);1-2H3. The van der Waals surface area contributed by atoms with Gasteiger partial charge in [0.15, 0.2) is 0 Å². The molecule has 2 heterocycles. The summed E-state index contributed by atoms with van der Waals surface area (Å²) in [5.74, 6) is 0. The molecule has 2 aromatic rings. The van der Waals surface area contributed by atoms with Gasteiger partial charge in [-0.25, -0.2) is 0 Å². The van der Waals surface area contributed by atoms with Crippen molar-refractivity contribution < 1.29 is 0 Å². The molecule has 0 amide bonds. The van der Waals surface area contributed by atoms with Gasteiger partial charge in [-0.1, -0.05) is 20.8 Å². The van der Waals surface area contributed by atoms with Crippen LogP contribution in [0, 0.1) is 0 Å². The van der Waals surface area contributed by atoms with Gasteiger partial charge in [-0.3, -0.25) is 4.98 Å². The Hall–Kier alpha value is -1.45. The summed E-state index contributed by atoms with van der Waals surface area (Å²) in [6.45, 7) is 6.06. The van der Waals surface area contributed by atoms with E-state index in [1.165, 1.54) is 0 Å². The highest BCUT2D eigenvalue weighted by Crippen LogP contribution is 2.06. The summed E-state index contributed by atoms with van der Waals surface area (Å²) in [7, 11) is 0. The fraction of sp³-hybridized carbons (Fsp3) is 0.444. The summed E-state index contributed by atoms with van der Waals surface area (Å²) in [5, 5.41) is 10.4. The van der Waals surface area contributed by atoms with Crippen LogP contribution in [-0.2, 0) is 6.42 Å². The number of hydrogen-bond donors (Lipinski definition) is 1. The molecule has 0 bridgehead atoms. The number of nitrogens with one attached hydrogen (secondary N) is 1. The molecule has 0 atom stereocenters. The van der Waals surface area contributed by atoms with Gasteiger partial charge >= 0.3 is 0 Å². The van der Waals surface area contributed by atoms with Crippen molar-refractivity contribution >= 4 is 11.0 Å². The monoisotopic (exact) mass is 178 g/mol. The number of aryl methyl sites for hydroxylation is 1. The molecule has 0 fully saturated rings. The second kappa shape index (κ2) is 4.54. The van der Waals surface area contributed by atoms with Gasteiger partial charge in [0, 0.05) is 5.69 Å². The summed E-state index contributed by atoms with van der Waals surface area (Å²) in [6, 6.07) is 1.94. The maximum absolute atomic E-state index is 4.18. The highest BCUT2D eigenvalue weighted by molar-refractivity contribution is 5.72. The van der Waals surface area contributed by atoms with Gasteiger partial charge in [0.1, 0.15) is 11.0 Å². The SMILES string of the molecule is CC.CCc1cc2n[nH]nc2cn1. The first-order valence-corrected chi connectivity index (χ1v) is 4.55. The zero-order valence-electron chi connectivity index (χ0n) is 8.20. The van der Waals surface area contributed by atoms with E-state index >= 15 is 0 Å². The minimum absolute atomic E-state index is 0.821. The molecule has 0 radical (unpaired) electrons. The van der Waals surface area contributed by atoms with E-state index in [9.17, 15) is 0 Å². The van der Waals surface area contributed by atoms with Crippen LogP contribution in [0.25, 0.3) is 11.0 Å². The second-order valence-electron chi connectivity index (χ2n) is 2.34. The van der Waals surface area contributed by atoms with Crippen LogP contribution < -0.4 is 0 Å². The number of aromatic amines is 1. The van der Waals surface area contributed by atoms with Crippen LogP contribution in [0.1, 0.15) is 26.5 Å². The van der Waals surface area contributed by atoms with Gasteiger partial charge < -0.3 is 0 Å². The maximum atomic E-state index is 4.18. The van der Waals surface area contributed by atoms with Gasteiger partial charge in [-0.15, -0.1) is 0 Å². The Morgan fingerprint density at radius 1 is 1.23 bits per heavy atom. The average molecular weight is 178 g/mol. The molecule has 0 saturated heterocycles. The molecule has 13 heavy (non-hydrogen) atoms. The van der Waals surface area contributed by atoms with Crippen molar-refractivity contribution in [2.75, 3.05) is 0 Å². The van der Waals surface area contributed by atoms with E-state index in [1.54, 1.807) is 6.20 Å². The van der Waals surface area contributed by atoms with E-state index in [2.05, 4.69) is 27.3 Å². The van der Waals surface area contributed by atoms with Crippen molar-refractivity contribution in [3.63, 3.8) is 0 Å². The summed E-state index contributed by atoms with van der Waals surface area (Å²) in [5.41, 5.74) is 2.76. The zero-order valence-corrected chi connectivity index (χ0v) is 8.20. The van der Waals surface area contributed by atoms with Crippen molar-refractivity contribution in [1.82, 2.24) is 20.4 Å². The van der Waals surface area contributed by atoms with Crippen LogP contribution in [0.3, 0.4) is 0 Å². The van der Waals surface area contributed by atoms with E-state index < -0.39 is 0 Å². The van der Waals surface area contributed by atoms with Crippen LogP contribution in [0.5, 0.6) is 0 Å². The number of pyridine rings is 1. The molecule has 2 aromatic heterocycles. The fourth-order valence-corrected chi connectivity index (χ4v) is 0.981. The Labute approximate surface area is 77.4 Å². The number of fused-ring (bicyclic) bond motifs is 1. The van der Waals surface area contributed by atoms with Gasteiger partial charge in [0.2, 0.25) is 0 Å². The predicted molar refractivity (Wildman–Crippen MR) is 52.4 cm³/mol. The van der Waals surface area contributed by atoms with Crippen molar-refractivity contribution in [2.45, 2.75) is 27.2 Å². The highest BCUT2D eigenvalue weighted by atomic mass is 15.3. The molecule has 0 spiro atoms. The van der Waals surface area contributed by atoms with E-state index in [0.717, 1.165) is 23.1 Å². The number of H-pyrrole nitrogens is 1. The Balaban J connectivity index is 0.000000396. The predicted octanol–water partition coefficient (Wildman–Crippen LogP) is 1.94. The third-order valence-corrected chi connectivity index (χ3v) is 1.62. The molecule has 1 N–H and O–H groups in total.